The Morgan fingerprint density at radius 1 is 1.47 bits per heavy atom. The van der Waals surface area contributed by atoms with E-state index in [2.05, 4.69) is 10.1 Å². The summed E-state index contributed by atoms with van der Waals surface area (Å²) < 4.78 is 1.39. The molecule has 0 saturated carbocycles. The second-order valence-electron chi connectivity index (χ2n) is 3.66. The fraction of sp³-hybridized carbons (Fsp3) is 0.100. The Bertz CT molecular complexity index is 606. The van der Waals surface area contributed by atoms with Gasteiger partial charge < -0.3 is 0 Å². The molecule has 0 spiro atoms. The SMILES string of the molecule is NNC(=O)c1ccc(Cn2cc([N+](=O)[O-])cn2)nc1. The second kappa shape index (κ2) is 5.23. The average molecular weight is 262 g/mol. The molecule has 9 heteroatoms. The molecule has 0 atom stereocenters. The maximum atomic E-state index is 11.2. The molecule has 0 bridgehead atoms. The number of amides is 1. The standard InChI is InChI=1S/C10H10N6O3/c11-14-10(17)7-1-2-8(12-3-7)5-15-6-9(4-13-15)16(18)19/h1-4,6H,5,11H2,(H,14,17). The Morgan fingerprint density at radius 2 is 2.26 bits per heavy atom. The Balaban J connectivity index is 2.10. The number of carbonyl (C=O) groups is 1. The molecule has 0 aromatic carbocycles. The van der Waals surface area contributed by atoms with E-state index >= 15 is 0 Å². The Labute approximate surface area is 107 Å². The van der Waals surface area contributed by atoms with Gasteiger partial charge in [0.15, 0.2) is 0 Å². The third kappa shape index (κ3) is 2.90. The highest BCUT2D eigenvalue weighted by Crippen LogP contribution is 2.09. The quantitative estimate of drug-likeness (QED) is 0.341. The molecule has 2 aromatic heterocycles. The molecule has 0 aliphatic rings. The molecule has 0 saturated heterocycles. The highest BCUT2D eigenvalue weighted by molar-refractivity contribution is 5.93. The third-order valence-electron chi connectivity index (χ3n) is 2.37. The van der Waals surface area contributed by atoms with E-state index in [9.17, 15) is 14.9 Å². The van der Waals surface area contributed by atoms with Crippen molar-refractivity contribution in [2.24, 2.45) is 5.84 Å². The van der Waals surface area contributed by atoms with Gasteiger partial charge >= 0.3 is 5.69 Å². The van der Waals surface area contributed by atoms with Crippen molar-refractivity contribution in [1.29, 1.82) is 0 Å². The van der Waals surface area contributed by atoms with Gasteiger partial charge in [-0.2, -0.15) is 5.10 Å². The molecule has 2 rings (SSSR count). The van der Waals surface area contributed by atoms with Gasteiger partial charge in [-0.05, 0) is 12.1 Å². The van der Waals surface area contributed by atoms with Crippen LogP contribution in [0.5, 0.6) is 0 Å². The van der Waals surface area contributed by atoms with Crippen LogP contribution in [0.3, 0.4) is 0 Å². The van der Waals surface area contributed by atoms with Crippen LogP contribution in [0.15, 0.2) is 30.7 Å². The number of aromatic nitrogens is 3. The predicted octanol–water partition coefficient (Wildman–Crippen LogP) is -0.162. The smallest absolute Gasteiger partial charge is 0.290 e. The number of nitro groups is 1. The van der Waals surface area contributed by atoms with Crippen molar-refractivity contribution in [1.82, 2.24) is 20.2 Å². The molecular formula is C10H10N6O3. The first kappa shape index (κ1) is 12.6. The molecule has 98 valence electrons. The van der Waals surface area contributed by atoms with Crippen molar-refractivity contribution >= 4 is 11.6 Å². The largest absolute Gasteiger partial charge is 0.307 e. The number of pyridine rings is 1. The molecule has 2 heterocycles. The maximum absolute atomic E-state index is 11.2. The van der Waals surface area contributed by atoms with Crippen LogP contribution < -0.4 is 11.3 Å². The monoisotopic (exact) mass is 262 g/mol. The third-order valence-corrected chi connectivity index (χ3v) is 2.37. The summed E-state index contributed by atoms with van der Waals surface area (Å²) in [7, 11) is 0. The molecule has 0 unspecified atom stereocenters. The van der Waals surface area contributed by atoms with E-state index in [0.717, 1.165) is 6.20 Å². The van der Waals surface area contributed by atoms with Crippen LogP contribution in [-0.4, -0.2) is 25.6 Å². The van der Waals surface area contributed by atoms with Crippen molar-refractivity contribution in [3.63, 3.8) is 0 Å². The van der Waals surface area contributed by atoms with Crippen molar-refractivity contribution in [2.45, 2.75) is 6.54 Å². The lowest BCUT2D eigenvalue weighted by atomic mass is 10.2. The fourth-order valence-corrected chi connectivity index (χ4v) is 1.44. The Morgan fingerprint density at radius 3 is 2.79 bits per heavy atom. The maximum Gasteiger partial charge on any atom is 0.307 e. The Hall–Kier alpha value is -2.81. The number of hydrogen-bond acceptors (Lipinski definition) is 6. The summed E-state index contributed by atoms with van der Waals surface area (Å²) in [4.78, 5) is 25.2. The van der Waals surface area contributed by atoms with Crippen molar-refractivity contribution < 1.29 is 9.72 Å². The van der Waals surface area contributed by atoms with Crippen LogP contribution in [0.25, 0.3) is 0 Å². The van der Waals surface area contributed by atoms with E-state index in [1.54, 1.807) is 12.1 Å². The topological polar surface area (TPSA) is 129 Å². The first-order valence-corrected chi connectivity index (χ1v) is 5.23. The molecule has 3 N–H and O–H groups in total. The van der Waals surface area contributed by atoms with Gasteiger partial charge in [-0.25, -0.2) is 5.84 Å². The van der Waals surface area contributed by atoms with Gasteiger partial charge in [0.1, 0.15) is 12.4 Å². The van der Waals surface area contributed by atoms with E-state index in [4.69, 9.17) is 5.84 Å². The second-order valence-corrected chi connectivity index (χ2v) is 3.66. The summed E-state index contributed by atoms with van der Waals surface area (Å²) in [6.45, 7) is 0.276. The van der Waals surface area contributed by atoms with E-state index in [0.29, 0.717) is 11.3 Å². The number of rotatable bonds is 4. The summed E-state index contributed by atoms with van der Waals surface area (Å²) in [5, 5.41) is 14.3. The fourth-order valence-electron chi connectivity index (χ4n) is 1.44. The van der Waals surface area contributed by atoms with Gasteiger partial charge in [0.25, 0.3) is 5.91 Å². The minimum Gasteiger partial charge on any atom is -0.290 e. The van der Waals surface area contributed by atoms with Crippen molar-refractivity contribution in [2.75, 3.05) is 0 Å². The van der Waals surface area contributed by atoms with E-state index < -0.39 is 10.8 Å². The zero-order valence-electron chi connectivity index (χ0n) is 9.68. The van der Waals surface area contributed by atoms with E-state index in [-0.39, 0.29) is 12.2 Å². The number of nitrogens with zero attached hydrogens (tertiary/aromatic N) is 4. The van der Waals surface area contributed by atoms with Gasteiger partial charge in [0.05, 0.1) is 22.7 Å². The highest BCUT2D eigenvalue weighted by Gasteiger charge is 2.09. The molecule has 19 heavy (non-hydrogen) atoms. The molecule has 0 aliphatic heterocycles. The first-order chi connectivity index (χ1) is 9.10. The summed E-state index contributed by atoms with van der Waals surface area (Å²) in [6, 6.07) is 3.18. The number of nitrogens with one attached hydrogen (secondary N) is 1. The zero-order valence-corrected chi connectivity index (χ0v) is 9.68. The highest BCUT2D eigenvalue weighted by atomic mass is 16.6. The van der Waals surface area contributed by atoms with Crippen LogP contribution in [0.2, 0.25) is 0 Å². The number of nitrogens with two attached hydrogens (primary N) is 1. The van der Waals surface area contributed by atoms with Crippen LogP contribution in [0.1, 0.15) is 16.1 Å². The van der Waals surface area contributed by atoms with Gasteiger partial charge in [0.2, 0.25) is 0 Å². The van der Waals surface area contributed by atoms with E-state index in [1.165, 1.54) is 17.1 Å². The molecule has 0 fully saturated rings. The Kier molecular flexibility index (Phi) is 3.48. The van der Waals surface area contributed by atoms with Crippen LogP contribution in [-0.2, 0) is 6.54 Å². The van der Waals surface area contributed by atoms with Crippen LogP contribution in [0, 0.1) is 10.1 Å². The van der Waals surface area contributed by atoms with Gasteiger partial charge in [-0.3, -0.25) is 30.0 Å². The summed E-state index contributed by atoms with van der Waals surface area (Å²) in [5.41, 5.74) is 2.86. The first-order valence-electron chi connectivity index (χ1n) is 5.23. The molecule has 2 aromatic rings. The molecule has 0 radical (unpaired) electrons. The number of hydrazine groups is 1. The lowest BCUT2D eigenvalue weighted by Crippen LogP contribution is -2.30. The van der Waals surface area contributed by atoms with Crippen LogP contribution in [0.4, 0.5) is 5.69 Å². The summed E-state index contributed by atoms with van der Waals surface area (Å²) in [5.74, 6) is 4.56. The zero-order chi connectivity index (χ0) is 13.8. The summed E-state index contributed by atoms with van der Waals surface area (Å²) in [6.07, 6.45) is 3.84. The summed E-state index contributed by atoms with van der Waals surface area (Å²) >= 11 is 0. The van der Waals surface area contributed by atoms with Gasteiger partial charge in [-0.15, -0.1) is 0 Å². The molecular weight excluding hydrogens is 252 g/mol. The molecule has 1 amide bonds. The van der Waals surface area contributed by atoms with Crippen molar-refractivity contribution in [3.8, 4) is 0 Å². The number of nitrogen functional groups attached to an aromatic ring is 1. The molecule has 0 aliphatic carbocycles. The lowest BCUT2D eigenvalue weighted by molar-refractivity contribution is -0.385. The van der Waals surface area contributed by atoms with Crippen molar-refractivity contribution in [3.05, 3.63) is 52.1 Å². The number of carbonyl (C=O) groups excluding carboxylic acids is 1. The van der Waals surface area contributed by atoms with Gasteiger partial charge in [-0.1, -0.05) is 0 Å². The molecule has 9 nitrogen and oxygen atoms in total. The predicted molar refractivity (Wildman–Crippen MR) is 63.9 cm³/mol. The van der Waals surface area contributed by atoms with Gasteiger partial charge in [0, 0.05) is 6.20 Å². The van der Waals surface area contributed by atoms with Crippen LogP contribution >= 0.6 is 0 Å². The normalized spacial score (nSPS) is 10.2. The lowest BCUT2D eigenvalue weighted by Gasteiger charge is -2.02. The van der Waals surface area contributed by atoms with E-state index in [1.807, 2.05) is 5.43 Å². The average Bonchev–Trinajstić information content (AvgIpc) is 2.87. The minimum atomic E-state index is -0.522. The minimum absolute atomic E-state index is 0.0841. The number of hydrogen-bond donors (Lipinski definition) is 2.